The zero-order chi connectivity index (χ0) is 23.9. The number of carboxylic acids is 1. The molecule has 1 aliphatic rings. The van der Waals surface area contributed by atoms with Crippen LogP contribution in [0.5, 0.6) is 11.5 Å². The Morgan fingerprint density at radius 3 is 2.62 bits per heavy atom. The van der Waals surface area contributed by atoms with Crippen LogP contribution < -0.4 is 9.47 Å². The standard InChI is InChI=1S/C24H23ClF3NO4.Ca.2H/c1-13(2)33-20-6-3-14(9-18(20)24(26,27)28)12-32-16-4-5-19-17(11-16)22(25)23-15(10-21(30)31)7-8-29(19)23;;;/h3-6,9,11,13,15H,7-8,10,12H2,1-2H3,(H,30,31);;;/t15-;;;/m1.../s1. The Labute approximate surface area is 229 Å². The average Bonchev–Trinajstić information content (AvgIpc) is 3.25. The van der Waals surface area contributed by atoms with E-state index >= 15 is 0 Å². The molecule has 0 aliphatic carbocycles. The Kier molecular flexibility index (Phi) is 8.38. The van der Waals surface area contributed by atoms with Crippen LogP contribution in [0.2, 0.25) is 5.02 Å². The molecule has 1 N–H and O–H groups in total. The molecule has 0 saturated heterocycles. The van der Waals surface area contributed by atoms with Crippen LogP contribution in [0.15, 0.2) is 36.4 Å². The summed E-state index contributed by atoms with van der Waals surface area (Å²) in [4.78, 5) is 11.2. The van der Waals surface area contributed by atoms with Gasteiger partial charge < -0.3 is 19.1 Å². The van der Waals surface area contributed by atoms with Crippen LogP contribution in [-0.4, -0.2) is 59.5 Å². The molecular formula is C24H25CaClF3NO4. The summed E-state index contributed by atoms with van der Waals surface area (Å²) in [6.07, 6.45) is -4.21. The van der Waals surface area contributed by atoms with Crippen molar-refractivity contribution in [3.63, 3.8) is 0 Å². The van der Waals surface area contributed by atoms with Crippen molar-refractivity contribution in [1.29, 1.82) is 0 Å². The van der Waals surface area contributed by atoms with Crippen molar-refractivity contribution in [3.8, 4) is 11.5 Å². The van der Waals surface area contributed by atoms with Gasteiger partial charge in [-0.05, 0) is 56.2 Å². The van der Waals surface area contributed by atoms with Crippen LogP contribution in [0.4, 0.5) is 13.2 Å². The van der Waals surface area contributed by atoms with Gasteiger partial charge in [-0.25, -0.2) is 0 Å². The van der Waals surface area contributed by atoms with E-state index in [1.807, 2.05) is 10.6 Å². The summed E-state index contributed by atoms with van der Waals surface area (Å²) >= 11 is 6.59. The first-order chi connectivity index (χ1) is 15.5. The number of ether oxygens (including phenoxy) is 2. The Balaban J connectivity index is 0.00000324. The van der Waals surface area contributed by atoms with Gasteiger partial charge in [0, 0.05) is 23.5 Å². The van der Waals surface area contributed by atoms with Crippen molar-refractivity contribution in [3.05, 3.63) is 58.2 Å². The third-order valence-electron chi connectivity index (χ3n) is 5.64. The van der Waals surface area contributed by atoms with E-state index in [4.69, 9.17) is 26.2 Å². The number of hydrogen-bond acceptors (Lipinski definition) is 3. The number of halogens is 4. The molecule has 1 aliphatic heterocycles. The zero-order valence-electron chi connectivity index (χ0n) is 18.1. The second-order valence-corrected chi connectivity index (χ2v) is 8.77. The summed E-state index contributed by atoms with van der Waals surface area (Å²) in [5, 5.41) is 10.4. The summed E-state index contributed by atoms with van der Waals surface area (Å²) < 4.78 is 53.5. The zero-order valence-corrected chi connectivity index (χ0v) is 18.8. The van der Waals surface area contributed by atoms with Crippen LogP contribution in [0, 0.1) is 0 Å². The number of benzene rings is 2. The minimum absolute atomic E-state index is 0. The first kappa shape index (κ1) is 27.0. The predicted molar refractivity (Wildman–Crippen MR) is 127 cm³/mol. The molecule has 0 saturated carbocycles. The SMILES string of the molecule is CC(C)Oc1ccc(COc2ccc3c(c2)c(Cl)c2n3CC[C@@H]2CC(=O)O)cc1C(F)(F)F.[CaH2]. The van der Waals surface area contributed by atoms with Crippen LogP contribution in [-0.2, 0) is 24.1 Å². The molecule has 0 radical (unpaired) electrons. The van der Waals surface area contributed by atoms with Gasteiger partial charge in [-0.1, -0.05) is 17.7 Å². The number of aromatic nitrogens is 1. The van der Waals surface area contributed by atoms with E-state index in [1.165, 1.54) is 6.07 Å². The summed E-state index contributed by atoms with van der Waals surface area (Å²) in [5.41, 5.74) is 1.20. The van der Waals surface area contributed by atoms with Gasteiger partial charge in [-0.3, -0.25) is 4.79 Å². The first-order valence-corrected chi connectivity index (χ1v) is 11.0. The summed E-state index contributed by atoms with van der Waals surface area (Å²) in [6.45, 7) is 3.95. The van der Waals surface area contributed by atoms with E-state index in [9.17, 15) is 18.0 Å². The van der Waals surface area contributed by atoms with Gasteiger partial charge in [0.15, 0.2) is 0 Å². The van der Waals surface area contributed by atoms with Crippen molar-refractivity contribution in [2.75, 3.05) is 0 Å². The fraction of sp³-hybridized carbons (Fsp3) is 0.375. The number of alkyl halides is 3. The Morgan fingerprint density at radius 1 is 1.24 bits per heavy atom. The number of fused-ring (bicyclic) bond motifs is 3. The molecule has 4 rings (SSSR count). The number of aryl methyl sites for hydroxylation is 1. The molecule has 0 spiro atoms. The fourth-order valence-electron chi connectivity index (χ4n) is 4.29. The molecule has 2 heterocycles. The van der Waals surface area contributed by atoms with Crippen LogP contribution >= 0.6 is 11.6 Å². The average molecular weight is 524 g/mol. The van der Waals surface area contributed by atoms with Crippen molar-refractivity contribution < 1.29 is 32.5 Å². The third-order valence-corrected chi connectivity index (χ3v) is 6.03. The van der Waals surface area contributed by atoms with Gasteiger partial charge in [0.2, 0.25) is 0 Å². The second kappa shape index (κ2) is 10.6. The molecule has 1 atom stereocenters. The van der Waals surface area contributed by atoms with Crippen molar-refractivity contribution in [1.82, 2.24) is 4.57 Å². The number of nitrogens with zero attached hydrogens (tertiary/aromatic N) is 1. The second-order valence-electron chi connectivity index (χ2n) is 8.40. The van der Waals surface area contributed by atoms with Crippen LogP contribution in [0.1, 0.15) is 49.4 Å². The summed E-state index contributed by atoms with van der Waals surface area (Å²) in [5.74, 6) is -0.783. The number of rotatable bonds is 7. The fourth-order valence-corrected chi connectivity index (χ4v) is 4.69. The van der Waals surface area contributed by atoms with Gasteiger partial charge in [-0.15, -0.1) is 0 Å². The Hall–Kier alpha value is -1.61. The number of hydrogen-bond donors (Lipinski definition) is 1. The van der Waals surface area contributed by atoms with Gasteiger partial charge in [0.05, 0.1) is 28.6 Å². The number of carbonyl (C=O) groups is 1. The van der Waals surface area contributed by atoms with Crippen LogP contribution in [0.25, 0.3) is 10.9 Å². The van der Waals surface area contributed by atoms with Crippen molar-refractivity contribution >= 4 is 66.2 Å². The Bertz CT molecular complexity index is 1210. The summed E-state index contributed by atoms with van der Waals surface area (Å²) in [7, 11) is 0. The van der Waals surface area contributed by atoms with Crippen LogP contribution in [0.3, 0.4) is 0 Å². The van der Waals surface area contributed by atoms with E-state index in [0.29, 0.717) is 29.3 Å². The number of carboxylic acid groups (broad SMARTS) is 1. The quantitative estimate of drug-likeness (QED) is 0.402. The molecular weight excluding hydrogens is 499 g/mol. The molecule has 0 fully saturated rings. The summed E-state index contributed by atoms with van der Waals surface area (Å²) in [6, 6.07) is 9.19. The molecule has 10 heteroatoms. The van der Waals surface area contributed by atoms with Crippen molar-refractivity contribution in [2.45, 2.75) is 58.0 Å². The molecule has 180 valence electrons. The molecule has 0 amide bonds. The van der Waals surface area contributed by atoms with E-state index in [0.717, 1.165) is 22.7 Å². The maximum atomic E-state index is 13.5. The molecule has 2 aromatic carbocycles. The van der Waals surface area contributed by atoms with E-state index in [-0.39, 0.29) is 68.5 Å². The molecule has 34 heavy (non-hydrogen) atoms. The van der Waals surface area contributed by atoms with Gasteiger partial charge in [0.25, 0.3) is 0 Å². The Morgan fingerprint density at radius 2 is 1.97 bits per heavy atom. The minimum atomic E-state index is -4.55. The maximum absolute atomic E-state index is 13.5. The number of aliphatic carboxylic acids is 1. The molecule has 0 bridgehead atoms. The first-order valence-electron chi connectivity index (χ1n) is 10.6. The topological polar surface area (TPSA) is 60.7 Å². The van der Waals surface area contributed by atoms with Gasteiger partial charge in [-0.2, -0.15) is 13.2 Å². The molecule has 5 nitrogen and oxygen atoms in total. The van der Waals surface area contributed by atoms with Gasteiger partial charge >= 0.3 is 49.9 Å². The van der Waals surface area contributed by atoms with Gasteiger partial charge in [0.1, 0.15) is 18.1 Å². The molecule has 0 unspecified atom stereocenters. The normalized spacial score (nSPS) is 15.3. The monoisotopic (exact) mass is 523 g/mol. The third kappa shape index (κ3) is 5.61. The molecule has 1 aromatic heterocycles. The van der Waals surface area contributed by atoms with E-state index < -0.39 is 17.7 Å². The molecule has 3 aromatic rings. The van der Waals surface area contributed by atoms with E-state index in [1.54, 1.807) is 32.0 Å². The van der Waals surface area contributed by atoms with E-state index in [2.05, 4.69) is 0 Å². The van der Waals surface area contributed by atoms with Crippen molar-refractivity contribution in [2.24, 2.45) is 0 Å². The predicted octanol–water partition coefficient (Wildman–Crippen LogP) is 5.73.